The lowest BCUT2D eigenvalue weighted by molar-refractivity contribution is 0.0604. The van der Waals surface area contributed by atoms with Crippen LogP contribution in [0, 0.1) is 11.6 Å². The van der Waals surface area contributed by atoms with Gasteiger partial charge in [-0.15, -0.1) is 0 Å². The van der Waals surface area contributed by atoms with Gasteiger partial charge in [0.25, 0.3) is 0 Å². The average Bonchev–Trinajstić information content (AvgIpc) is 3.69. The summed E-state index contributed by atoms with van der Waals surface area (Å²) in [7, 11) is -11.1. The molecule has 2 heterocycles. The second-order valence-electron chi connectivity index (χ2n) is 10.6. The van der Waals surface area contributed by atoms with E-state index < -0.39 is 72.9 Å². The Morgan fingerprint density at radius 3 is 2.05 bits per heavy atom. The first kappa shape index (κ1) is 32.1. The Bertz CT molecular complexity index is 1570. The van der Waals surface area contributed by atoms with E-state index in [9.17, 15) is 48.2 Å². The van der Waals surface area contributed by atoms with Crippen molar-refractivity contribution < 1.29 is 56.9 Å². The molecule has 1 aliphatic carbocycles. The molecule has 0 radical (unpaired) electrons. The molecule has 232 valence electrons. The molecule has 2 fully saturated rings. The number of aromatic nitrogens is 1. The van der Waals surface area contributed by atoms with Crippen LogP contribution >= 0.6 is 15.2 Å². The first-order chi connectivity index (χ1) is 19.4. The zero-order valence-corrected chi connectivity index (χ0v) is 24.6. The third kappa shape index (κ3) is 5.84. The molecule has 5 N–H and O–H groups in total. The number of anilines is 1. The van der Waals surface area contributed by atoms with Crippen molar-refractivity contribution in [2.75, 3.05) is 18.0 Å². The van der Waals surface area contributed by atoms with Gasteiger partial charge in [-0.1, -0.05) is 13.3 Å². The van der Waals surface area contributed by atoms with E-state index in [0.717, 1.165) is 11.1 Å². The number of amides is 1. The molecule has 14 nitrogen and oxygen atoms in total. The maximum atomic E-state index is 16.5. The van der Waals surface area contributed by atoms with Crippen LogP contribution in [-0.2, 0) is 20.3 Å². The van der Waals surface area contributed by atoms with Crippen molar-refractivity contribution in [3.05, 3.63) is 39.2 Å². The molecule has 2 aromatic rings. The number of piperazine rings is 1. The maximum Gasteiger partial charge on any atom is 0.411 e. The van der Waals surface area contributed by atoms with Crippen LogP contribution in [0.1, 0.15) is 62.0 Å². The van der Waals surface area contributed by atoms with Crippen LogP contribution in [0.25, 0.3) is 10.9 Å². The molecule has 18 heteroatoms. The topological polar surface area (TPSA) is 207 Å². The number of benzene rings is 1. The minimum atomic E-state index is -5.57. The summed E-state index contributed by atoms with van der Waals surface area (Å²) in [6, 6.07) is -2.10. The number of nitrogens with zero attached hydrogens (tertiary/aromatic N) is 3. The number of carboxylic acid groups (broad SMARTS) is 1. The summed E-state index contributed by atoms with van der Waals surface area (Å²) < 4.78 is 61.7. The highest BCUT2D eigenvalue weighted by Gasteiger charge is 2.49. The van der Waals surface area contributed by atoms with E-state index in [1.807, 2.05) is 0 Å². The molecule has 1 aromatic carbocycles. The number of ether oxygens (including phenoxy) is 1. The zero-order chi connectivity index (χ0) is 31.5. The van der Waals surface area contributed by atoms with Gasteiger partial charge in [-0.25, -0.2) is 18.4 Å². The fourth-order valence-electron chi connectivity index (χ4n) is 5.51. The van der Waals surface area contributed by atoms with Crippen molar-refractivity contribution in [1.29, 1.82) is 0 Å². The third-order valence-corrected chi connectivity index (χ3v) is 10.5. The van der Waals surface area contributed by atoms with E-state index in [0.29, 0.717) is 19.3 Å². The minimum absolute atomic E-state index is 0.00847. The van der Waals surface area contributed by atoms with E-state index >= 15 is 8.78 Å². The molecule has 2 aliphatic rings. The van der Waals surface area contributed by atoms with Crippen LogP contribution in [-0.4, -0.2) is 77.0 Å². The Balaban J connectivity index is 1.80. The fraction of sp³-hybridized carbons (Fsp3) is 0.542. The van der Waals surface area contributed by atoms with Crippen molar-refractivity contribution in [3.63, 3.8) is 0 Å². The number of carboxylic acids is 1. The second kappa shape index (κ2) is 11.3. The second-order valence-corrected chi connectivity index (χ2v) is 14.3. The summed E-state index contributed by atoms with van der Waals surface area (Å²) in [5.41, 5.74) is -5.53. The molecular weight excluding hydrogens is 606 g/mol. The third-order valence-electron chi connectivity index (χ3n) is 7.32. The summed E-state index contributed by atoms with van der Waals surface area (Å²) in [5, 5.41) is 8.89. The van der Waals surface area contributed by atoms with Gasteiger partial charge in [0.15, 0.2) is 5.82 Å². The average molecular weight is 637 g/mol. The van der Waals surface area contributed by atoms with E-state index in [4.69, 9.17) is 0 Å². The van der Waals surface area contributed by atoms with Crippen molar-refractivity contribution in [2.24, 2.45) is 0 Å². The highest BCUT2D eigenvalue weighted by Crippen LogP contribution is 2.60. The zero-order valence-electron chi connectivity index (χ0n) is 22.8. The molecule has 1 aliphatic heterocycles. The molecule has 1 saturated heterocycles. The number of pyridine rings is 1. The lowest BCUT2D eigenvalue weighted by Gasteiger charge is -2.45. The van der Waals surface area contributed by atoms with Crippen LogP contribution in [0.5, 0.6) is 0 Å². The van der Waals surface area contributed by atoms with Crippen LogP contribution in [0.4, 0.5) is 19.3 Å². The van der Waals surface area contributed by atoms with Crippen molar-refractivity contribution in [2.45, 2.75) is 70.2 Å². The van der Waals surface area contributed by atoms with Gasteiger partial charge in [0, 0.05) is 30.9 Å². The van der Waals surface area contributed by atoms with Crippen LogP contribution in [0.15, 0.2) is 11.0 Å². The first-order valence-corrected chi connectivity index (χ1v) is 16.4. The molecule has 0 bridgehead atoms. The van der Waals surface area contributed by atoms with Gasteiger partial charge >= 0.3 is 32.8 Å². The Morgan fingerprint density at radius 1 is 1.05 bits per heavy atom. The molecule has 42 heavy (non-hydrogen) atoms. The molecule has 4 rings (SSSR count). The molecule has 1 saturated carbocycles. The fourth-order valence-corrected chi connectivity index (χ4v) is 7.53. The van der Waals surface area contributed by atoms with Gasteiger partial charge in [0.1, 0.15) is 11.4 Å². The molecule has 0 unspecified atom stereocenters. The quantitative estimate of drug-likeness (QED) is 0.265. The summed E-state index contributed by atoms with van der Waals surface area (Å²) in [6.07, 6.45) is 1.08. The van der Waals surface area contributed by atoms with Crippen molar-refractivity contribution >= 4 is 43.8 Å². The van der Waals surface area contributed by atoms with Crippen LogP contribution < -0.4 is 10.3 Å². The number of hydrogen-bond donors (Lipinski definition) is 5. The van der Waals surface area contributed by atoms with E-state index in [2.05, 4.69) is 4.74 Å². The van der Waals surface area contributed by atoms with E-state index in [-0.39, 0.29) is 42.3 Å². The highest BCUT2D eigenvalue weighted by molar-refractivity contribution is 7.70. The molecule has 1 amide bonds. The first-order valence-electron chi connectivity index (χ1n) is 13.1. The van der Waals surface area contributed by atoms with Gasteiger partial charge in [0.05, 0.1) is 28.7 Å². The predicted molar refractivity (Wildman–Crippen MR) is 145 cm³/mol. The standard InChI is InChI=1S/C24H31F2N3O11P2/c1-4-5-14-17(25)16-20(28(13-6-7-13)10-15(21(16)30)22(31)32)18(26)19(14)27-8-11(2)29(12(3)9-27)23(33)40-24(41(34,35)36)42(37,38)39/h10-13,24H,4-9H2,1-3H3,(H,31,32)(H2,34,35,36)(H2,37,38,39)/t11-,12+. The molecule has 1 aromatic heterocycles. The van der Waals surface area contributed by atoms with Gasteiger partial charge < -0.3 is 38.9 Å². The lowest BCUT2D eigenvalue weighted by atomic mass is 9.98. The largest absolute Gasteiger partial charge is 0.477 e. The number of carbonyl (C=O) groups is 2. The number of hydrogen-bond acceptors (Lipinski definition) is 7. The molecular formula is C24H31F2N3O11P2. The minimum Gasteiger partial charge on any atom is -0.477 e. The van der Waals surface area contributed by atoms with Gasteiger partial charge in [-0.05, 0) is 33.1 Å². The Hall–Kier alpha value is -2.87. The smallest absolute Gasteiger partial charge is 0.411 e. The number of carbonyl (C=O) groups excluding carboxylic acids is 1. The number of halogens is 2. The Morgan fingerprint density at radius 2 is 1.60 bits per heavy atom. The Labute approximate surface area is 237 Å². The highest BCUT2D eigenvalue weighted by atomic mass is 31.2. The van der Waals surface area contributed by atoms with Gasteiger partial charge in [0.2, 0.25) is 5.43 Å². The van der Waals surface area contributed by atoms with Gasteiger partial charge in [-0.2, -0.15) is 0 Å². The SMILES string of the molecule is CCCc1c(N2C[C@@H](C)N(C(=O)OC(P(=O)(O)O)P(=O)(O)O)[C@@H](C)C2)c(F)c2c(c1F)c(=O)c(C(=O)O)cn2C1CC1. The molecule has 0 spiro atoms. The summed E-state index contributed by atoms with van der Waals surface area (Å²) >= 11 is 0. The van der Waals surface area contributed by atoms with Crippen molar-refractivity contribution in [1.82, 2.24) is 9.47 Å². The summed E-state index contributed by atoms with van der Waals surface area (Å²) in [4.78, 5) is 77.4. The van der Waals surface area contributed by atoms with Crippen LogP contribution in [0.2, 0.25) is 0 Å². The van der Waals surface area contributed by atoms with Gasteiger partial charge in [-0.3, -0.25) is 18.8 Å². The molecule has 2 atom stereocenters. The number of rotatable bonds is 8. The normalized spacial score (nSPS) is 20.0. The predicted octanol–water partition coefficient (Wildman–Crippen LogP) is 2.94. The Kier molecular flexibility index (Phi) is 8.64. The monoisotopic (exact) mass is 637 g/mol. The maximum absolute atomic E-state index is 16.5. The lowest BCUT2D eigenvalue weighted by Crippen LogP contribution is -2.59. The number of aromatic carboxylic acids is 1. The van der Waals surface area contributed by atoms with Crippen molar-refractivity contribution in [3.8, 4) is 0 Å². The summed E-state index contributed by atoms with van der Waals surface area (Å²) in [5.74, 6) is -3.55. The number of fused-ring (bicyclic) bond motifs is 1. The van der Waals surface area contributed by atoms with E-state index in [1.54, 1.807) is 6.92 Å². The summed E-state index contributed by atoms with van der Waals surface area (Å²) in [6.45, 7) is 4.34. The van der Waals surface area contributed by atoms with Crippen LogP contribution in [0.3, 0.4) is 0 Å². The van der Waals surface area contributed by atoms with E-state index in [1.165, 1.54) is 23.3 Å².